The van der Waals surface area contributed by atoms with Crippen molar-refractivity contribution in [2.24, 2.45) is 0 Å². The Labute approximate surface area is 124 Å². The van der Waals surface area contributed by atoms with E-state index in [1.807, 2.05) is 60.7 Å². The standard InChI is InChI=1S/C16H10Br2/c17-15-9-5-13(6-10-15)3-1-2-4-14-7-11-16(18)12-8-14/h1,3,5-12H/b3-1+. The van der Waals surface area contributed by atoms with Crippen LogP contribution in [-0.4, -0.2) is 0 Å². The van der Waals surface area contributed by atoms with Crippen molar-refractivity contribution in [2.75, 3.05) is 0 Å². The van der Waals surface area contributed by atoms with Crippen LogP contribution in [0.1, 0.15) is 11.1 Å². The van der Waals surface area contributed by atoms with Crippen LogP contribution in [0.25, 0.3) is 6.08 Å². The van der Waals surface area contributed by atoms with Gasteiger partial charge in [-0.15, -0.1) is 0 Å². The average molecular weight is 362 g/mol. The first-order valence-electron chi connectivity index (χ1n) is 5.43. The monoisotopic (exact) mass is 360 g/mol. The Bertz CT molecular complexity index is 596. The van der Waals surface area contributed by atoms with Crippen LogP contribution in [0.15, 0.2) is 63.6 Å². The van der Waals surface area contributed by atoms with Crippen LogP contribution >= 0.6 is 31.9 Å². The molecular formula is C16H10Br2. The van der Waals surface area contributed by atoms with Gasteiger partial charge in [0.05, 0.1) is 0 Å². The van der Waals surface area contributed by atoms with Crippen molar-refractivity contribution in [2.45, 2.75) is 0 Å². The SMILES string of the molecule is Brc1ccc(C#C/C=C/c2ccc(Br)cc2)cc1. The predicted molar refractivity (Wildman–Crippen MR) is 84.2 cm³/mol. The summed E-state index contributed by atoms with van der Waals surface area (Å²) in [5, 5.41) is 0. The van der Waals surface area contributed by atoms with Crippen LogP contribution in [0.5, 0.6) is 0 Å². The second kappa shape index (κ2) is 6.58. The van der Waals surface area contributed by atoms with E-state index in [0.717, 1.165) is 20.1 Å². The largest absolute Gasteiger partial charge is 0.0696 e. The molecule has 0 aliphatic rings. The highest BCUT2D eigenvalue weighted by atomic mass is 79.9. The molecule has 0 saturated carbocycles. The molecule has 0 saturated heterocycles. The van der Waals surface area contributed by atoms with Gasteiger partial charge in [0, 0.05) is 14.5 Å². The summed E-state index contributed by atoms with van der Waals surface area (Å²) >= 11 is 6.81. The van der Waals surface area contributed by atoms with Gasteiger partial charge >= 0.3 is 0 Å². The Kier molecular flexibility index (Phi) is 4.81. The summed E-state index contributed by atoms with van der Waals surface area (Å²) in [7, 11) is 0. The van der Waals surface area contributed by atoms with E-state index in [0.29, 0.717) is 0 Å². The zero-order valence-electron chi connectivity index (χ0n) is 9.53. The molecule has 0 bridgehead atoms. The number of rotatable bonds is 1. The maximum absolute atomic E-state index is 3.41. The Morgan fingerprint density at radius 1 is 0.778 bits per heavy atom. The van der Waals surface area contributed by atoms with Crippen LogP contribution < -0.4 is 0 Å². The first kappa shape index (κ1) is 13.1. The lowest BCUT2D eigenvalue weighted by Gasteiger charge is -1.91. The van der Waals surface area contributed by atoms with Gasteiger partial charge in [0.1, 0.15) is 0 Å². The number of hydrogen-bond acceptors (Lipinski definition) is 0. The summed E-state index contributed by atoms with van der Waals surface area (Å²) < 4.78 is 2.15. The van der Waals surface area contributed by atoms with Gasteiger partial charge in [-0.05, 0) is 54.1 Å². The summed E-state index contributed by atoms with van der Waals surface area (Å²) in [5.74, 6) is 6.11. The molecule has 0 atom stereocenters. The van der Waals surface area contributed by atoms with E-state index in [1.165, 1.54) is 0 Å². The van der Waals surface area contributed by atoms with Crippen molar-refractivity contribution < 1.29 is 0 Å². The lowest BCUT2D eigenvalue weighted by Crippen LogP contribution is -1.72. The van der Waals surface area contributed by atoms with Gasteiger partial charge in [0.25, 0.3) is 0 Å². The quantitative estimate of drug-likeness (QED) is 0.606. The summed E-state index contributed by atoms with van der Waals surface area (Å²) in [6, 6.07) is 16.1. The fourth-order valence-electron chi connectivity index (χ4n) is 1.37. The highest BCUT2D eigenvalue weighted by Crippen LogP contribution is 2.11. The number of halogens is 2. The average Bonchev–Trinajstić information content (AvgIpc) is 2.39. The molecule has 2 aromatic rings. The minimum atomic E-state index is 1.01. The molecule has 0 spiro atoms. The van der Waals surface area contributed by atoms with Gasteiger partial charge in [-0.1, -0.05) is 55.8 Å². The van der Waals surface area contributed by atoms with Crippen LogP contribution in [0, 0.1) is 11.8 Å². The predicted octanol–water partition coefficient (Wildman–Crippen LogP) is 5.28. The Morgan fingerprint density at radius 2 is 1.33 bits per heavy atom. The van der Waals surface area contributed by atoms with E-state index in [2.05, 4.69) is 43.7 Å². The zero-order valence-corrected chi connectivity index (χ0v) is 12.7. The van der Waals surface area contributed by atoms with E-state index >= 15 is 0 Å². The van der Waals surface area contributed by atoms with Crippen molar-refractivity contribution in [1.82, 2.24) is 0 Å². The topological polar surface area (TPSA) is 0 Å². The van der Waals surface area contributed by atoms with Crippen LogP contribution in [0.4, 0.5) is 0 Å². The van der Waals surface area contributed by atoms with E-state index < -0.39 is 0 Å². The molecule has 0 fully saturated rings. The molecule has 0 amide bonds. The molecule has 0 N–H and O–H groups in total. The fourth-order valence-corrected chi connectivity index (χ4v) is 1.90. The van der Waals surface area contributed by atoms with Crippen LogP contribution in [0.3, 0.4) is 0 Å². The van der Waals surface area contributed by atoms with Crippen LogP contribution in [-0.2, 0) is 0 Å². The van der Waals surface area contributed by atoms with E-state index in [-0.39, 0.29) is 0 Å². The molecule has 18 heavy (non-hydrogen) atoms. The molecule has 0 unspecified atom stereocenters. The second-order valence-electron chi connectivity index (χ2n) is 3.66. The minimum Gasteiger partial charge on any atom is -0.0696 e. The van der Waals surface area contributed by atoms with Crippen molar-refractivity contribution in [3.05, 3.63) is 74.7 Å². The third-order valence-electron chi connectivity index (χ3n) is 2.29. The van der Waals surface area contributed by atoms with E-state index in [1.54, 1.807) is 0 Å². The summed E-state index contributed by atoms with van der Waals surface area (Å²) in [4.78, 5) is 0. The van der Waals surface area contributed by atoms with Crippen LogP contribution in [0.2, 0.25) is 0 Å². The lowest BCUT2D eigenvalue weighted by atomic mass is 10.2. The molecule has 2 rings (SSSR count). The minimum absolute atomic E-state index is 1.01. The second-order valence-corrected chi connectivity index (χ2v) is 5.49. The number of hydrogen-bond donors (Lipinski definition) is 0. The maximum Gasteiger partial charge on any atom is 0.0249 e. The normalized spacial score (nSPS) is 10.1. The molecule has 0 nitrogen and oxygen atoms in total. The lowest BCUT2D eigenvalue weighted by molar-refractivity contribution is 1.60. The van der Waals surface area contributed by atoms with Gasteiger partial charge in [-0.25, -0.2) is 0 Å². The molecule has 0 aromatic heterocycles. The first-order chi connectivity index (χ1) is 8.74. The number of allylic oxidation sites excluding steroid dienone is 1. The van der Waals surface area contributed by atoms with E-state index in [9.17, 15) is 0 Å². The third-order valence-corrected chi connectivity index (χ3v) is 3.35. The Hall–Kier alpha value is -1.30. The van der Waals surface area contributed by atoms with Gasteiger partial charge < -0.3 is 0 Å². The van der Waals surface area contributed by atoms with Gasteiger partial charge in [-0.3, -0.25) is 0 Å². The fraction of sp³-hybridized carbons (Fsp3) is 0. The highest BCUT2D eigenvalue weighted by Gasteiger charge is 1.87. The molecule has 2 heteroatoms. The van der Waals surface area contributed by atoms with Gasteiger partial charge in [0.15, 0.2) is 0 Å². The molecule has 88 valence electrons. The molecule has 0 aliphatic carbocycles. The highest BCUT2D eigenvalue weighted by molar-refractivity contribution is 9.10. The number of benzene rings is 2. The Morgan fingerprint density at radius 3 is 1.94 bits per heavy atom. The molecule has 0 aliphatic heterocycles. The van der Waals surface area contributed by atoms with Crippen molar-refractivity contribution in [3.63, 3.8) is 0 Å². The molecule has 0 radical (unpaired) electrons. The zero-order chi connectivity index (χ0) is 12.8. The third kappa shape index (κ3) is 4.18. The molecular weight excluding hydrogens is 352 g/mol. The van der Waals surface area contributed by atoms with E-state index in [4.69, 9.17) is 0 Å². The summed E-state index contributed by atoms with van der Waals surface area (Å²) in [6.45, 7) is 0. The first-order valence-corrected chi connectivity index (χ1v) is 7.02. The molecule has 2 aromatic carbocycles. The Balaban J connectivity index is 2.03. The van der Waals surface area contributed by atoms with Crippen molar-refractivity contribution in [1.29, 1.82) is 0 Å². The van der Waals surface area contributed by atoms with Gasteiger partial charge in [0.2, 0.25) is 0 Å². The maximum atomic E-state index is 3.41. The van der Waals surface area contributed by atoms with Crippen molar-refractivity contribution in [3.8, 4) is 11.8 Å². The van der Waals surface area contributed by atoms with Gasteiger partial charge in [-0.2, -0.15) is 0 Å². The summed E-state index contributed by atoms with van der Waals surface area (Å²) in [6.07, 6.45) is 3.86. The summed E-state index contributed by atoms with van der Waals surface area (Å²) in [5.41, 5.74) is 2.15. The smallest absolute Gasteiger partial charge is 0.0249 e. The van der Waals surface area contributed by atoms with Crippen molar-refractivity contribution >= 4 is 37.9 Å². The molecule has 0 heterocycles.